The lowest BCUT2D eigenvalue weighted by atomic mass is 10.1. The SMILES string of the molecule is COC(=O)[C@@H](Cc1ccc(OC)nc1)NC(=O)c1ccc2ccccc2n1. The van der Waals surface area contributed by atoms with Crippen LogP contribution < -0.4 is 10.1 Å². The molecule has 7 nitrogen and oxygen atoms in total. The van der Waals surface area contributed by atoms with Crippen LogP contribution in [0.15, 0.2) is 54.7 Å². The van der Waals surface area contributed by atoms with Crippen LogP contribution in [0.1, 0.15) is 16.1 Å². The summed E-state index contributed by atoms with van der Waals surface area (Å²) in [7, 11) is 2.80. The highest BCUT2D eigenvalue weighted by atomic mass is 16.5. The third-order valence-electron chi connectivity index (χ3n) is 4.07. The van der Waals surface area contributed by atoms with Gasteiger partial charge < -0.3 is 14.8 Å². The van der Waals surface area contributed by atoms with Gasteiger partial charge in [-0.25, -0.2) is 14.8 Å². The molecule has 0 fully saturated rings. The number of fused-ring (bicyclic) bond motifs is 1. The minimum Gasteiger partial charge on any atom is -0.481 e. The Morgan fingerprint density at radius 3 is 2.59 bits per heavy atom. The zero-order chi connectivity index (χ0) is 19.2. The highest BCUT2D eigenvalue weighted by molar-refractivity contribution is 5.97. The van der Waals surface area contributed by atoms with Crippen LogP contribution in [0.3, 0.4) is 0 Å². The molecule has 0 bridgehead atoms. The van der Waals surface area contributed by atoms with E-state index in [0.717, 1.165) is 10.9 Å². The number of para-hydroxylation sites is 1. The predicted octanol–water partition coefficient (Wildman–Crippen LogP) is 2.15. The van der Waals surface area contributed by atoms with E-state index in [1.807, 2.05) is 30.3 Å². The number of rotatable bonds is 6. The lowest BCUT2D eigenvalue weighted by molar-refractivity contribution is -0.142. The maximum absolute atomic E-state index is 12.6. The molecular weight excluding hydrogens is 346 g/mol. The van der Waals surface area contributed by atoms with Gasteiger partial charge in [-0.05, 0) is 17.7 Å². The van der Waals surface area contributed by atoms with Gasteiger partial charge in [-0.1, -0.05) is 30.3 Å². The predicted molar refractivity (Wildman–Crippen MR) is 99.5 cm³/mol. The van der Waals surface area contributed by atoms with E-state index in [9.17, 15) is 9.59 Å². The van der Waals surface area contributed by atoms with Crippen molar-refractivity contribution in [2.75, 3.05) is 14.2 Å². The maximum Gasteiger partial charge on any atom is 0.328 e. The van der Waals surface area contributed by atoms with Crippen molar-refractivity contribution >= 4 is 22.8 Å². The topological polar surface area (TPSA) is 90.4 Å². The van der Waals surface area contributed by atoms with Gasteiger partial charge in [-0.3, -0.25) is 4.79 Å². The highest BCUT2D eigenvalue weighted by Crippen LogP contribution is 2.13. The fourth-order valence-corrected chi connectivity index (χ4v) is 2.65. The third-order valence-corrected chi connectivity index (χ3v) is 4.07. The summed E-state index contributed by atoms with van der Waals surface area (Å²) in [4.78, 5) is 33.2. The number of benzene rings is 1. The van der Waals surface area contributed by atoms with Gasteiger partial charge in [0.2, 0.25) is 5.88 Å². The summed E-state index contributed by atoms with van der Waals surface area (Å²) in [6.45, 7) is 0. The van der Waals surface area contributed by atoms with Crippen molar-refractivity contribution in [2.45, 2.75) is 12.5 Å². The second-order valence-electron chi connectivity index (χ2n) is 5.85. The number of pyridine rings is 2. The van der Waals surface area contributed by atoms with Crippen LogP contribution in [0.25, 0.3) is 10.9 Å². The molecule has 0 saturated heterocycles. The number of amides is 1. The molecule has 7 heteroatoms. The van der Waals surface area contributed by atoms with Crippen molar-refractivity contribution in [3.8, 4) is 5.88 Å². The van der Waals surface area contributed by atoms with E-state index in [2.05, 4.69) is 15.3 Å². The fraction of sp³-hybridized carbons (Fsp3) is 0.200. The molecule has 1 atom stereocenters. The monoisotopic (exact) mass is 365 g/mol. The molecule has 3 aromatic rings. The first kappa shape index (κ1) is 18.3. The van der Waals surface area contributed by atoms with E-state index < -0.39 is 17.9 Å². The third kappa shape index (κ3) is 4.38. The molecule has 27 heavy (non-hydrogen) atoms. The van der Waals surface area contributed by atoms with E-state index in [4.69, 9.17) is 9.47 Å². The second-order valence-corrected chi connectivity index (χ2v) is 5.85. The molecular formula is C20H19N3O4. The zero-order valence-corrected chi connectivity index (χ0v) is 15.0. The summed E-state index contributed by atoms with van der Waals surface area (Å²) < 4.78 is 9.84. The van der Waals surface area contributed by atoms with Crippen LogP contribution in [0.4, 0.5) is 0 Å². The number of carbonyl (C=O) groups excluding carboxylic acids is 2. The van der Waals surface area contributed by atoms with Gasteiger partial charge in [0.1, 0.15) is 11.7 Å². The number of carbonyl (C=O) groups is 2. The molecule has 138 valence electrons. The summed E-state index contributed by atoms with van der Waals surface area (Å²) in [5.41, 5.74) is 1.70. The molecule has 1 N–H and O–H groups in total. The average Bonchev–Trinajstić information content (AvgIpc) is 2.72. The molecule has 0 aliphatic carbocycles. The first-order valence-corrected chi connectivity index (χ1v) is 8.34. The van der Waals surface area contributed by atoms with Gasteiger partial charge in [0.25, 0.3) is 5.91 Å². The Bertz CT molecular complexity index is 957. The van der Waals surface area contributed by atoms with Crippen LogP contribution in [-0.2, 0) is 16.0 Å². The van der Waals surface area contributed by atoms with Gasteiger partial charge in [0.05, 0.1) is 19.7 Å². The molecule has 0 aliphatic rings. The minimum atomic E-state index is -0.856. The van der Waals surface area contributed by atoms with Crippen LogP contribution in [0, 0.1) is 0 Å². The van der Waals surface area contributed by atoms with Gasteiger partial charge >= 0.3 is 5.97 Å². The number of esters is 1. The van der Waals surface area contributed by atoms with E-state index in [1.165, 1.54) is 14.2 Å². The summed E-state index contributed by atoms with van der Waals surface area (Å²) in [6.07, 6.45) is 1.83. The molecule has 1 amide bonds. The number of hydrogen-bond acceptors (Lipinski definition) is 6. The van der Waals surface area contributed by atoms with Gasteiger partial charge in [0.15, 0.2) is 0 Å². The largest absolute Gasteiger partial charge is 0.481 e. The first-order valence-electron chi connectivity index (χ1n) is 8.34. The molecule has 1 aromatic carbocycles. The summed E-state index contributed by atoms with van der Waals surface area (Å²) in [6, 6.07) is 13.6. The van der Waals surface area contributed by atoms with E-state index in [-0.39, 0.29) is 12.1 Å². The molecule has 2 heterocycles. The Hall–Kier alpha value is -3.48. The van der Waals surface area contributed by atoms with Crippen molar-refractivity contribution < 1.29 is 19.1 Å². The lowest BCUT2D eigenvalue weighted by Crippen LogP contribution is -2.43. The Kier molecular flexibility index (Phi) is 5.61. The lowest BCUT2D eigenvalue weighted by Gasteiger charge is -2.16. The van der Waals surface area contributed by atoms with E-state index >= 15 is 0 Å². The van der Waals surface area contributed by atoms with Gasteiger partial charge in [-0.2, -0.15) is 0 Å². The number of nitrogens with one attached hydrogen (secondary N) is 1. The van der Waals surface area contributed by atoms with Crippen molar-refractivity contribution in [2.24, 2.45) is 0 Å². The normalized spacial score (nSPS) is 11.6. The zero-order valence-electron chi connectivity index (χ0n) is 15.0. The molecule has 0 radical (unpaired) electrons. The van der Waals surface area contributed by atoms with Crippen LogP contribution in [0.5, 0.6) is 5.88 Å². The number of aromatic nitrogens is 2. The van der Waals surface area contributed by atoms with Crippen LogP contribution in [-0.4, -0.2) is 42.1 Å². The Labute approximate surface area is 156 Å². The number of nitrogens with zero attached hydrogens (tertiary/aromatic N) is 2. The standard InChI is InChI=1S/C20H19N3O4/c1-26-18-10-7-13(12-21-18)11-17(20(25)27-2)23-19(24)16-9-8-14-5-3-4-6-15(14)22-16/h3-10,12,17H,11H2,1-2H3,(H,23,24)/t17-/m1/s1. The van der Waals surface area contributed by atoms with Gasteiger partial charge in [-0.15, -0.1) is 0 Å². The van der Waals surface area contributed by atoms with E-state index in [0.29, 0.717) is 11.4 Å². The number of hydrogen-bond donors (Lipinski definition) is 1. The molecule has 0 unspecified atom stereocenters. The Morgan fingerprint density at radius 1 is 1.07 bits per heavy atom. The summed E-state index contributed by atoms with van der Waals surface area (Å²) in [5.74, 6) is -0.518. The van der Waals surface area contributed by atoms with Crippen molar-refractivity contribution in [3.63, 3.8) is 0 Å². The molecule has 0 spiro atoms. The number of ether oxygens (including phenoxy) is 2. The Balaban J connectivity index is 1.77. The maximum atomic E-state index is 12.6. The van der Waals surface area contributed by atoms with Crippen molar-refractivity contribution in [1.82, 2.24) is 15.3 Å². The highest BCUT2D eigenvalue weighted by Gasteiger charge is 2.23. The van der Waals surface area contributed by atoms with Crippen LogP contribution >= 0.6 is 0 Å². The smallest absolute Gasteiger partial charge is 0.328 e. The van der Waals surface area contributed by atoms with Crippen molar-refractivity contribution in [3.05, 3.63) is 66.0 Å². The van der Waals surface area contributed by atoms with Crippen LogP contribution in [0.2, 0.25) is 0 Å². The molecule has 0 saturated carbocycles. The fourth-order valence-electron chi connectivity index (χ4n) is 2.65. The minimum absolute atomic E-state index is 0.232. The van der Waals surface area contributed by atoms with E-state index in [1.54, 1.807) is 24.4 Å². The molecule has 3 rings (SSSR count). The quantitative estimate of drug-likeness (QED) is 0.673. The van der Waals surface area contributed by atoms with Gasteiger partial charge in [0, 0.05) is 24.1 Å². The molecule has 0 aliphatic heterocycles. The average molecular weight is 365 g/mol. The second kappa shape index (κ2) is 8.27. The summed E-state index contributed by atoms with van der Waals surface area (Å²) in [5, 5.41) is 3.62. The number of methoxy groups -OCH3 is 2. The summed E-state index contributed by atoms with van der Waals surface area (Å²) >= 11 is 0. The van der Waals surface area contributed by atoms with Crippen molar-refractivity contribution in [1.29, 1.82) is 0 Å². The Morgan fingerprint density at radius 2 is 1.89 bits per heavy atom. The molecule has 2 aromatic heterocycles. The first-order chi connectivity index (χ1) is 13.1.